The zero-order chi connectivity index (χ0) is 22.6. The number of aromatic nitrogens is 3. The molecule has 33 heavy (non-hydrogen) atoms. The molecule has 7 heteroatoms. The SMILES string of the molecule is O=c1[nH]c(-c2ccccn2)nc2c1CCN(Cc1ccc(OCc3ccccc3F)cc1)C2. The molecule has 1 N–H and O–H groups in total. The summed E-state index contributed by atoms with van der Waals surface area (Å²) < 4.78 is 19.5. The second-order valence-electron chi connectivity index (χ2n) is 8.04. The molecule has 0 aliphatic carbocycles. The van der Waals surface area contributed by atoms with Gasteiger partial charge in [-0.05, 0) is 42.3 Å². The normalized spacial score (nSPS) is 13.5. The van der Waals surface area contributed by atoms with E-state index in [9.17, 15) is 9.18 Å². The topological polar surface area (TPSA) is 71.1 Å². The second kappa shape index (κ2) is 9.34. The molecule has 0 unspecified atom stereocenters. The van der Waals surface area contributed by atoms with Gasteiger partial charge in [0.25, 0.3) is 5.56 Å². The summed E-state index contributed by atoms with van der Waals surface area (Å²) in [4.78, 5) is 26.7. The fourth-order valence-electron chi connectivity index (χ4n) is 3.98. The van der Waals surface area contributed by atoms with Crippen LogP contribution in [0.15, 0.2) is 77.7 Å². The van der Waals surface area contributed by atoms with Gasteiger partial charge in [0.15, 0.2) is 5.82 Å². The van der Waals surface area contributed by atoms with Gasteiger partial charge >= 0.3 is 0 Å². The Morgan fingerprint density at radius 1 is 1.03 bits per heavy atom. The van der Waals surface area contributed by atoms with Crippen molar-refractivity contribution in [2.75, 3.05) is 6.54 Å². The highest BCUT2D eigenvalue weighted by atomic mass is 19.1. The first-order valence-corrected chi connectivity index (χ1v) is 10.9. The molecular formula is C26H23FN4O2. The van der Waals surface area contributed by atoms with Gasteiger partial charge in [-0.3, -0.25) is 14.7 Å². The van der Waals surface area contributed by atoms with Gasteiger partial charge in [0.2, 0.25) is 0 Å². The highest BCUT2D eigenvalue weighted by molar-refractivity contribution is 5.49. The van der Waals surface area contributed by atoms with E-state index in [1.54, 1.807) is 24.4 Å². The number of hydrogen-bond donors (Lipinski definition) is 1. The van der Waals surface area contributed by atoms with Crippen LogP contribution in [0.25, 0.3) is 11.5 Å². The molecule has 0 amide bonds. The Bertz CT molecular complexity index is 1310. The van der Waals surface area contributed by atoms with Crippen LogP contribution in [0.1, 0.15) is 22.4 Å². The number of hydrogen-bond acceptors (Lipinski definition) is 5. The van der Waals surface area contributed by atoms with Crippen molar-refractivity contribution in [2.45, 2.75) is 26.1 Å². The van der Waals surface area contributed by atoms with Gasteiger partial charge in [0.1, 0.15) is 23.9 Å². The first-order valence-electron chi connectivity index (χ1n) is 10.9. The summed E-state index contributed by atoms with van der Waals surface area (Å²) in [6.45, 7) is 2.31. The molecule has 4 aromatic rings. The summed E-state index contributed by atoms with van der Waals surface area (Å²) in [5.41, 5.74) is 3.78. The number of pyridine rings is 1. The summed E-state index contributed by atoms with van der Waals surface area (Å²) in [5, 5.41) is 0. The van der Waals surface area contributed by atoms with E-state index in [1.165, 1.54) is 6.07 Å². The molecular weight excluding hydrogens is 419 g/mol. The minimum atomic E-state index is -0.266. The van der Waals surface area contributed by atoms with Crippen molar-refractivity contribution in [3.05, 3.63) is 111 Å². The van der Waals surface area contributed by atoms with Gasteiger partial charge in [0, 0.05) is 37.0 Å². The van der Waals surface area contributed by atoms with Crippen molar-refractivity contribution in [3.8, 4) is 17.3 Å². The summed E-state index contributed by atoms with van der Waals surface area (Å²) in [6.07, 6.45) is 2.34. The molecule has 6 nitrogen and oxygen atoms in total. The lowest BCUT2D eigenvalue weighted by Gasteiger charge is -2.27. The Morgan fingerprint density at radius 2 is 1.85 bits per heavy atom. The van der Waals surface area contributed by atoms with Crippen molar-refractivity contribution in [3.63, 3.8) is 0 Å². The number of nitrogens with zero attached hydrogens (tertiary/aromatic N) is 3. The van der Waals surface area contributed by atoms with Gasteiger partial charge in [-0.1, -0.05) is 36.4 Å². The number of aromatic amines is 1. The maximum atomic E-state index is 13.8. The van der Waals surface area contributed by atoms with Gasteiger partial charge in [-0.25, -0.2) is 9.37 Å². The average Bonchev–Trinajstić information content (AvgIpc) is 2.85. The Hall–Kier alpha value is -3.84. The first-order chi connectivity index (χ1) is 16.2. The number of ether oxygens (including phenoxy) is 1. The molecule has 0 saturated heterocycles. The van der Waals surface area contributed by atoms with E-state index in [1.807, 2.05) is 42.5 Å². The van der Waals surface area contributed by atoms with Crippen LogP contribution in [-0.4, -0.2) is 26.4 Å². The Morgan fingerprint density at radius 3 is 2.64 bits per heavy atom. The first kappa shape index (κ1) is 21.0. The molecule has 0 atom stereocenters. The van der Waals surface area contributed by atoms with E-state index in [0.29, 0.717) is 35.8 Å². The lowest BCUT2D eigenvalue weighted by molar-refractivity contribution is 0.240. The minimum Gasteiger partial charge on any atom is -0.489 e. The Balaban J connectivity index is 1.25. The van der Waals surface area contributed by atoms with Crippen molar-refractivity contribution in [1.82, 2.24) is 19.9 Å². The molecule has 1 aliphatic heterocycles. The maximum absolute atomic E-state index is 13.8. The highest BCUT2D eigenvalue weighted by Gasteiger charge is 2.21. The summed E-state index contributed by atoms with van der Waals surface area (Å²) >= 11 is 0. The van der Waals surface area contributed by atoms with Crippen molar-refractivity contribution < 1.29 is 9.13 Å². The van der Waals surface area contributed by atoms with E-state index < -0.39 is 0 Å². The minimum absolute atomic E-state index is 0.0864. The monoisotopic (exact) mass is 442 g/mol. The zero-order valence-electron chi connectivity index (χ0n) is 18.0. The third-order valence-corrected chi connectivity index (χ3v) is 5.74. The molecule has 0 bridgehead atoms. The van der Waals surface area contributed by atoms with Crippen LogP contribution in [0.4, 0.5) is 4.39 Å². The van der Waals surface area contributed by atoms with E-state index in [2.05, 4.69) is 14.9 Å². The number of halogens is 1. The van der Waals surface area contributed by atoms with E-state index in [0.717, 1.165) is 29.9 Å². The third-order valence-electron chi connectivity index (χ3n) is 5.74. The molecule has 2 aromatic carbocycles. The summed E-state index contributed by atoms with van der Waals surface area (Å²) in [6, 6.07) is 20.0. The van der Waals surface area contributed by atoms with Crippen molar-refractivity contribution >= 4 is 0 Å². The van der Waals surface area contributed by atoms with E-state index in [-0.39, 0.29) is 18.0 Å². The quantitative estimate of drug-likeness (QED) is 0.487. The molecule has 0 saturated carbocycles. The number of fused-ring (bicyclic) bond motifs is 1. The number of benzene rings is 2. The molecule has 5 rings (SSSR count). The van der Waals surface area contributed by atoms with E-state index >= 15 is 0 Å². The van der Waals surface area contributed by atoms with Gasteiger partial charge in [-0.15, -0.1) is 0 Å². The molecule has 1 aliphatic rings. The van der Waals surface area contributed by atoms with Crippen molar-refractivity contribution in [1.29, 1.82) is 0 Å². The Labute approximate surface area is 190 Å². The summed E-state index contributed by atoms with van der Waals surface area (Å²) in [5.74, 6) is 0.926. The molecule has 166 valence electrons. The van der Waals surface area contributed by atoms with Crippen LogP contribution in [0.2, 0.25) is 0 Å². The highest BCUT2D eigenvalue weighted by Crippen LogP contribution is 2.21. The fourth-order valence-corrected chi connectivity index (χ4v) is 3.98. The zero-order valence-corrected chi connectivity index (χ0v) is 18.0. The number of H-pyrrole nitrogens is 1. The molecule has 0 fully saturated rings. The maximum Gasteiger partial charge on any atom is 0.254 e. The van der Waals surface area contributed by atoms with Gasteiger partial charge < -0.3 is 9.72 Å². The standard InChI is InChI=1S/C26H23FN4O2/c27-22-6-2-1-5-19(22)17-33-20-10-8-18(9-11-20)15-31-14-12-21-24(16-31)29-25(30-26(21)32)23-7-3-4-13-28-23/h1-11,13H,12,14-17H2,(H,29,30,32). The van der Waals surface area contributed by atoms with Crippen LogP contribution in [-0.2, 0) is 26.1 Å². The summed E-state index contributed by atoms with van der Waals surface area (Å²) in [7, 11) is 0. The van der Waals surface area contributed by atoms with Gasteiger partial charge in [-0.2, -0.15) is 0 Å². The largest absolute Gasteiger partial charge is 0.489 e. The number of nitrogens with one attached hydrogen (secondary N) is 1. The van der Waals surface area contributed by atoms with Gasteiger partial charge in [0.05, 0.1) is 5.69 Å². The molecule has 0 spiro atoms. The van der Waals surface area contributed by atoms with Crippen LogP contribution in [0.3, 0.4) is 0 Å². The predicted octanol–water partition coefficient (Wildman–Crippen LogP) is 4.11. The average molecular weight is 442 g/mol. The fraction of sp³-hybridized carbons (Fsp3) is 0.192. The molecule has 3 heterocycles. The third kappa shape index (κ3) is 4.83. The molecule has 0 radical (unpaired) electrons. The lowest BCUT2D eigenvalue weighted by Crippen LogP contribution is -2.35. The predicted molar refractivity (Wildman–Crippen MR) is 123 cm³/mol. The van der Waals surface area contributed by atoms with E-state index in [4.69, 9.17) is 9.72 Å². The Kier molecular flexibility index (Phi) is 5.95. The lowest BCUT2D eigenvalue weighted by atomic mass is 10.1. The van der Waals surface area contributed by atoms with Crippen LogP contribution in [0, 0.1) is 5.82 Å². The van der Waals surface area contributed by atoms with Crippen LogP contribution >= 0.6 is 0 Å². The second-order valence-corrected chi connectivity index (χ2v) is 8.04. The van der Waals surface area contributed by atoms with Crippen molar-refractivity contribution in [2.24, 2.45) is 0 Å². The molecule has 2 aromatic heterocycles. The number of rotatable bonds is 6. The van der Waals surface area contributed by atoms with Crippen LogP contribution < -0.4 is 10.3 Å². The smallest absolute Gasteiger partial charge is 0.254 e. The van der Waals surface area contributed by atoms with Crippen LogP contribution in [0.5, 0.6) is 5.75 Å².